The highest BCUT2D eigenvalue weighted by Crippen LogP contribution is 2.46. The fraction of sp³-hybridized carbons (Fsp3) is 0.667. The van der Waals surface area contributed by atoms with Crippen LogP contribution < -0.4 is 0 Å². The van der Waals surface area contributed by atoms with Crippen molar-refractivity contribution in [1.82, 2.24) is 4.90 Å². The number of hydrogen-bond donors (Lipinski definition) is 0. The molecule has 1 amide bonds. The number of carbonyl (C=O) groups excluding carboxylic acids is 3. The van der Waals surface area contributed by atoms with Crippen LogP contribution in [-0.4, -0.2) is 48.5 Å². The molecule has 0 aromatic heterocycles. The van der Waals surface area contributed by atoms with E-state index in [0.717, 1.165) is 0 Å². The normalized spacial score (nSPS) is 31.7. The van der Waals surface area contributed by atoms with Crippen molar-refractivity contribution in [2.75, 3.05) is 0 Å². The van der Waals surface area contributed by atoms with E-state index < -0.39 is 44.4 Å². The van der Waals surface area contributed by atoms with Crippen LogP contribution in [0.25, 0.3) is 0 Å². The summed E-state index contributed by atoms with van der Waals surface area (Å²) in [5.41, 5.74) is -0.483. The molecule has 0 aromatic rings. The lowest BCUT2D eigenvalue weighted by molar-refractivity contribution is -0.166. The molecule has 0 radical (unpaired) electrons. The maximum Gasteiger partial charge on any atom is 0.330 e. The zero-order valence-electron chi connectivity index (χ0n) is 13.6. The Bertz CT molecular complexity index is 614. The molecule has 0 N–H and O–H groups in total. The number of β-lactam (4-membered cyclic amide) rings is 1. The molecule has 122 valence electrons. The Labute approximate surface area is 132 Å². The maximum absolute atomic E-state index is 12.7. The molecule has 0 saturated carbocycles. The molecule has 2 heterocycles. The Morgan fingerprint density at radius 1 is 1.32 bits per heavy atom. The van der Waals surface area contributed by atoms with Crippen LogP contribution in [0.2, 0.25) is 0 Å². The largest absolute Gasteiger partial charge is 0.458 e. The van der Waals surface area contributed by atoms with Crippen molar-refractivity contribution >= 4 is 28.5 Å². The lowest BCUT2D eigenvalue weighted by atomic mass is 9.95. The molecule has 2 aliphatic heterocycles. The van der Waals surface area contributed by atoms with E-state index in [2.05, 4.69) is 0 Å². The third-order valence-corrected chi connectivity index (χ3v) is 5.79. The predicted molar refractivity (Wildman–Crippen MR) is 81.3 cm³/mol. The van der Waals surface area contributed by atoms with Gasteiger partial charge in [-0.05, 0) is 47.6 Å². The number of nitrogens with zero attached hydrogens (tertiary/aromatic N) is 1. The molecule has 2 rings (SSSR count). The van der Waals surface area contributed by atoms with Gasteiger partial charge in [0.15, 0.2) is 5.78 Å². The van der Waals surface area contributed by atoms with Gasteiger partial charge in [-0.3, -0.25) is 13.8 Å². The van der Waals surface area contributed by atoms with Crippen molar-refractivity contribution in [2.45, 2.75) is 63.3 Å². The highest BCUT2D eigenvalue weighted by Gasteiger charge is 2.66. The van der Waals surface area contributed by atoms with Gasteiger partial charge in [0.05, 0.1) is 21.1 Å². The highest BCUT2D eigenvalue weighted by molar-refractivity contribution is 7.87. The smallest absolute Gasteiger partial charge is 0.330 e. The van der Waals surface area contributed by atoms with Gasteiger partial charge in [-0.25, -0.2) is 4.79 Å². The molecular formula is C15H21NO5S. The van der Waals surface area contributed by atoms with E-state index in [0.29, 0.717) is 0 Å². The molecule has 6 nitrogen and oxygen atoms in total. The molecule has 7 heteroatoms. The van der Waals surface area contributed by atoms with Crippen LogP contribution >= 0.6 is 0 Å². The van der Waals surface area contributed by atoms with E-state index in [4.69, 9.17) is 4.74 Å². The Morgan fingerprint density at radius 3 is 2.32 bits per heavy atom. The minimum atomic E-state index is -1.48. The number of amides is 1. The van der Waals surface area contributed by atoms with Gasteiger partial charge < -0.3 is 9.64 Å². The average molecular weight is 327 g/mol. The van der Waals surface area contributed by atoms with Crippen molar-refractivity contribution in [1.29, 1.82) is 0 Å². The zero-order chi connectivity index (χ0) is 17.0. The van der Waals surface area contributed by atoms with Gasteiger partial charge in [0.2, 0.25) is 0 Å². The van der Waals surface area contributed by atoms with Crippen molar-refractivity contribution in [2.24, 2.45) is 0 Å². The van der Waals surface area contributed by atoms with Gasteiger partial charge in [-0.15, -0.1) is 0 Å². The molecule has 22 heavy (non-hydrogen) atoms. The topological polar surface area (TPSA) is 80.8 Å². The summed E-state index contributed by atoms with van der Waals surface area (Å²) in [5.74, 6) is -1.27. The lowest BCUT2D eigenvalue weighted by Crippen LogP contribution is -2.59. The van der Waals surface area contributed by atoms with Crippen LogP contribution in [0.1, 0.15) is 41.5 Å². The summed E-state index contributed by atoms with van der Waals surface area (Å²) in [6, 6.07) is -0.908. The first-order valence-electron chi connectivity index (χ1n) is 7.06. The van der Waals surface area contributed by atoms with Gasteiger partial charge in [-0.2, -0.15) is 0 Å². The number of hydrogen-bond acceptors (Lipinski definition) is 5. The van der Waals surface area contributed by atoms with Gasteiger partial charge in [0.1, 0.15) is 17.0 Å². The quantitative estimate of drug-likeness (QED) is 0.428. The molecule has 2 saturated heterocycles. The first kappa shape index (κ1) is 16.9. The number of carbonyl (C=O) groups is 3. The van der Waals surface area contributed by atoms with Gasteiger partial charge >= 0.3 is 5.97 Å². The Balaban J connectivity index is 2.38. The maximum atomic E-state index is 12.7. The van der Waals surface area contributed by atoms with E-state index in [9.17, 15) is 18.6 Å². The van der Waals surface area contributed by atoms with E-state index in [1.165, 1.54) is 17.9 Å². The summed E-state index contributed by atoms with van der Waals surface area (Å²) in [4.78, 5) is 37.2. The predicted octanol–water partition coefficient (Wildman–Crippen LogP) is 0.921. The van der Waals surface area contributed by atoms with E-state index in [-0.39, 0.29) is 11.4 Å². The lowest BCUT2D eigenvalue weighted by Gasteiger charge is -2.39. The Morgan fingerprint density at radius 2 is 1.86 bits per heavy atom. The second kappa shape index (κ2) is 5.01. The molecule has 0 spiro atoms. The summed E-state index contributed by atoms with van der Waals surface area (Å²) in [6.45, 7) is 9.89. The Hall–Kier alpha value is -1.50. The van der Waals surface area contributed by atoms with E-state index in [1.807, 2.05) is 0 Å². The summed E-state index contributed by atoms with van der Waals surface area (Å²) < 4.78 is 17.1. The first-order valence-corrected chi connectivity index (χ1v) is 8.27. The SMILES string of the molecule is CC(=O)/C=C1/C(=O)N2[C@@H]1[S@](=O)C(C)(C)[C@@H]2C(=O)OC(C)(C)C. The number of allylic oxidation sites excluding steroid dienone is 1. The standard InChI is InChI=1S/C15H21NO5S/c1-8(17)7-9-11(18)16-10(13(19)21-14(2,3)4)15(5,6)22(20)12(9)16/h7,10,12H,1-6H3/b9-7-/t10-,12+,22-/m0/s1. The van der Waals surface area contributed by atoms with Gasteiger partial charge in [-0.1, -0.05) is 0 Å². The van der Waals surface area contributed by atoms with Crippen molar-refractivity contribution in [3.8, 4) is 0 Å². The fourth-order valence-electron chi connectivity index (χ4n) is 2.76. The minimum absolute atomic E-state index is 0.213. The number of rotatable bonds is 2. The highest BCUT2D eigenvalue weighted by atomic mass is 32.2. The van der Waals surface area contributed by atoms with Gasteiger partial charge in [0, 0.05) is 0 Å². The molecule has 0 unspecified atom stereocenters. The van der Waals surface area contributed by atoms with Crippen molar-refractivity contribution in [3.05, 3.63) is 11.6 Å². The molecule has 0 aliphatic carbocycles. The van der Waals surface area contributed by atoms with Crippen LogP contribution in [0.5, 0.6) is 0 Å². The monoisotopic (exact) mass is 327 g/mol. The number of fused-ring (bicyclic) bond motifs is 1. The summed E-state index contributed by atoms with van der Waals surface area (Å²) in [6.07, 6.45) is 1.20. The van der Waals surface area contributed by atoms with E-state index >= 15 is 0 Å². The van der Waals surface area contributed by atoms with Crippen LogP contribution in [0.15, 0.2) is 11.6 Å². The van der Waals surface area contributed by atoms with Crippen molar-refractivity contribution in [3.63, 3.8) is 0 Å². The third-order valence-electron chi connectivity index (χ3n) is 3.65. The Kier molecular flexibility index (Phi) is 3.84. The van der Waals surface area contributed by atoms with Crippen molar-refractivity contribution < 1.29 is 23.3 Å². The minimum Gasteiger partial charge on any atom is -0.458 e. The second-order valence-corrected chi connectivity index (χ2v) is 9.21. The number of ketones is 1. The summed E-state index contributed by atoms with van der Waals surface area (Å²) >= 11 is 0. The summed E-state index contributed by atoms with van der Waals surface area (Å²) in [5, 5.41) is -0.705. The third kappa shape index (κ3) is 2.51. The molecule has 2 fully saturated rings. The molecular weight excluding hydrogens is 306 g/mol. The summed E-state index contributed by atoms with van der Waals surface area (Å²) in [7, 11) is -1.48. The van der Waals surface area contributed by atoms with Crippen LogP contribution in [0, 0.1) is 0 Å². The molecule has 0 aromatic carbocycles. The zero-order valence-corrected chi connectivity index (χ0v) is 14.4. The number of esters is 1. The fourth-order valence-corrected chi connectivity index (χ4v) is 4.58. The van der Waals surface area contributed by atoms with Gasteiger partial charge in [0.25, 0.3) is 5.91 Å². The van der Waals surface area contributed by atoms with Crippen LogP contribution in [0.3, 0.4) is 0 Å². The second-order valence-electron chi connectivity index (χ2n) is 7.11. The molecule has 3 atom stereocenters. The van der Waals surface area contributed by atoms with Crippen LogP contribution in [0.4, 0.5) is 0 Å². The van der Waals surface area contributed by atoms with E-state index in [1.54, 1.807) is 34.6 Å². The number of ether oxygens (including phenoxy) is 1. The van der Waals surface area contributed by atoms with Crippen LogP contribution in [-0.2, 0) is 29.9 Å². The first-order chi connectivity index (χ1) is 9.88. The molecule has 0 bridgehead atoms. The molecule has 2 aliphatic rings. The average Bonchev–Trinajstić information content (AvgIpc) is 2.50.